The van der Waals surface area contributed by atoms with Gasteiger partial charge in [-0.2, -0.15) is 0 Å². The van der Waals surface area contributed by atoms with Crippen LogP contribution in [0.5, 0.6) is 11.5 Å². The van der Waals surface area contributed by atoms with E-state index in [0.717, 1.165) is 0 Å². The van der Waals surface area contributed by atoms with Crippen LogP contribution in [0.4, 0.5) is 11.4 Å². The van der Waals surface area contributed by atoms with Crippen molar-refractivity contribution in [3.63, 3.8) is 0 Å². The molecule has 2 aromatic rings. The van der Waals surface area contributed by atoms with Gasteiger partial charge in [0.1, 0.15) is 0 Å². The molecular weight excluding hydrogens is 395 g/mol. The summed E-state index contributed by atoms with van der Waals surface area (Å²) in [4.78, 5) is 15.5. The maximum absolute atomic E-state index is 12.3. The van der Waals surface area contributed by atoms with E-state index in [0.29, 0.717) is 36.0 Å². The average molecular weight is 413 g/mol. The fourth-order valence-electron chi connectivity index (χ4n) is 2.06. The molecule has 25 heavy (non-hydrogen) atoms. The van der Waals surface area contributed by atoms with Crippen molar-refractivity contribution in [2.24, 2.45) is 0 Å². The van der Waals surface area contributed by atoms with Crippen molar-refractivity contribution in [3.8, 4) is 11.5 Å². The van der Waals surface area contributed by atoms with Crippen LogP contribution in [0.2, 0.25) is 0 Å². The fraction of sp³-hybridized carbons (Fsp3) is 0.235. The Balaban J connectivity index is 0.00000288. The Bertz CT molecular complexity index is 736. The number of nitrogens with one attached hydrogen (secondary N) is 1. The van der Waals surface area contributed by atoms with Gasteiger partial charge in [0.25, 0.3) is 5.91 Å². The zero-order valence-corrected chi connectivity index (χ0v) is 17.9. The zero-order chi connectivity index (χ0) is 16.7. The Morgan fingerprint density at radius 1 is 1.08 bits per heavy atom. The third kappa shape index (κ3) is 6.01. The van der Waals surface area contributed by atoms with Crippen molar-refractivity contribution in [1.82, 2.24) is 0 Å². The van der Waals surface area contributed by atoms with E-state index in [2.05, 4.69) is 10.3 Å². The van der Waals surface area contributed by atoms with Crippen molar-refractivity contribution >= 4 is 17.3 Å². The van der Waals surface area contributed by atoms with Gasteiger partial charge in [-0.05, 0) is 26.0 Å². The summed E-state index contributed by atoms with van der Waals surface area (Å²) in [5.41, 5.74) is 1.23. The number of nitrogens with zero attached hydrogens (tertiary/aromatic N) is 2. The number of rotatable bonds is 6. The fourth-order valence-corrected chi connectivity index (χ4v) is 2.06. The van der Waals surface area contributed by atoms with Crippen molar-refractivity contribution in [3.05, 3.63) is 53.0 Å². The van der Waals surface area contributed by atoms with E-state index in [1.165, 1.54) is 6.07 Å². The Morgan fingerprint density at radius 3 is 2.24 bits per heavy atom. The van der Waals surface area contributed by atoms with E-state index >= 15 is 0 Å². The molecule has 0 radical (unpaired) electrons. The summed E-state index contributed by atoms with van der Waals surface area (Å²) in [6.45, 7) is 4.46. The van der Waals surface area contributed by atoms with Gasteiger partial charge in [0.15, 0.2) is 10.7 Å². The van der Waals surface area contributed by atoms with Crippen LogP contribution in [-0.4, -0.2) is 19.1 Å². The molecule has 0 aromatic heterocycles. The second-order valence-electron chi connectivity index (χ2n) is 4.60. The maximum Gasteiger partial charge on any atom is 0.430 e. The zero-order valence-electron chi connectivity index (χ0n) is 14.2. The first kappa shape index (κ1) is 22.8. The number of hydrogen-bond donors (Lipinski definition) is 1. The van der Waals surface area contributed by atoms with Crippen LogP contribution >= 0.6 is 0 Å². The monoisotopic (exact) mass is 411 g/mol. The van der Waals surface area contributed by atoms with E-state index < -0.39 is 0 Å². The summed E-state index contributed by atoms with van der Waals surface area (Å²) in [6, 6.07) is 12.0. The molecule has 0 bridgehead atoms. The molecule has 1 amide bonds. The Morgan fingerprint density at radius 2 is 1.68 bits per heavy atom. The Hall–Kier alpha value is -2.16. The first-order chi connectivity index (χ1) is 11.2. The minimum Gasteiger partial charge on any atom is -1.00 e. The van der Waals surface area contributed by atoms with Gasteiger partial charge in [-0.1, -0.05) is 18.2 Å². The molecule has 0 saturated carbocycles. The topological polar surface area (TPSA) is 75.7 Å². The predicted octanol–water partition coefficient (Wildman–Crippen LogP) is 1.22. The molecule has 1 N–H and O–H groups in total. The van der Waals surface area contributed by atoms with Gasteiger partial charge in [0, 0.05) is 31.1 Å². The third-order valence-corrected chi connectivity index (χ3v) is 3.05. The van der Waals surface area contributed by atoms with Crippen LogP contribution in [0, 0.1) is 5.39 Å². The van der Waals surface area contributed by atoms with Gasteiger partial charge in [-0.3, -0.25) is 4.79 Å². The molecular formula is C17H18ClN3O3Zn. The van der Waals surface area contributed by atoms with Crippen molar-refractivity contribution in [1.29, 1.82) is 5.39 Å². The van der Waals surface area contributed by atoms with Gasteiger partial charge in [0.05, 0.1) is 25.0 Å². The summed E-state index contributed by atoms with van der Waals surface area (Å²) in [5, 5.41) is 11.9. The molecule has 128 valence electrons. The van der Waals surface area contributed by atoms with Crippen LogP contribution in [0.3, 0.4) is 0 Å². The minimum atomic E-state index is -0.261. The number of ether oxygens (including phenoxy) is 2. The number of benzene rings is 2. The van der Waals surface area contributed by atoms with Gasteiger partial charge in [0.2, 0.25) is 11.1 Å². The molecule has 0 unspecified atom stereocenters. The van der Waals surface area contributed by atoms with E-state index in [1.807, 2.05) is 19.9 Å². The molecule has 0 aliphatic carbocycles. The smallest absolute Gasteiger partial charge is 0.430 e. The molecule has 8 heteroatoms. The van der Waals surface area contributed by atoms with E-state index in [9.17, 15) is 4.79 Å². The van der Waals surface area contributed by atoms with Gasteiger partial charge < -0.3 is 27.2 Å². The van der Waals surface area contributed by atoms with Crippen LogP contribution in [0.1, 0.15) is 24.2 Å². The second kappa shape index (κ2) is 11.4. The summed E-state index contributed by atoms with van der Waals surface area (Å²) >= 11 is 0. The van der Waals surface area contributed by atoms with E-state index in [4.69, 9.17) is 14.9 Å². The molecule has 0 fully saturated rings. The quantitative estimate of drug-likeness (QED) is 0.571. The first-order valence-corrected chi connectivity index (χ1v) is 7.34. The average Bonchev–Trinajstić information content (AvgIpc) is 2.58. The van der Waals surface area contributed by atoms with Crippen molar-refractivity contribution < 1.29 is 46.2 Å². The number of carbonyl (C=O) groups excluding carboxylic acids is 1. The minimum absolute atomic E-state index is 0. The number of halogens is 1. The molecule has 0 spiro atoms. The number of hydrogen-bond acceptors (Lipinski definition) is 4. The third-order valence-electron chi connectivity index (χ3n) is 3.05. The Labute approximate surface area is 165 Å². The van der Waals surface area contributed by atoms with Crippen molar-refractivity contribution in [2.75, 3.05) is 18.5 Å². The summed E-state index contributed by atoms with van der Waals surface area (Å²) in [5.74, 6) is 0.512. The molecule has 0 aliphatic rings. The molecule has 0 heterocycles. The number of diazo groups is 1. The van der Waals surface area contributed by atoms with Crippen LogP contribution in [0.15, 0.2) is 42.5 Å². The van der Waals surface area contributed by atoms with Gasteiger partial charge in [-0.25, -0.2) is 0 Å². The van der Waals surface area contributed by atoms with Gasteiger partial charge >= 0.3 is 5.69 Å². The molecule has 0 aliphatic heterocycles. The van der Waals surface area contributed by atoms with E-state index in [1.54, 1.807) is 30.3 Å². The predicted molar refractivity (Wildman–Crippen MR) is 87.9 cm³/mol. The maximum atomic E-state index is 12.3. The molecule has 0 saturated heterocycles. The molecule has 2 rings (SSSR count). The number of amides is 1. The normalized spacial score (nSPS) is 9.00. The van der Waals surface area contributed by atoms with Crippen molar-refractivity contribution in [2.45, 2.75) is 13.8 Å². The van der Waals surface area contributed by atoms with Gasteiger partial charge in [-0.15, -0.1) is 0 Å². The second-order valence-corrected chi connectivity index (χ2v) is 4.60. The Kier molecular flexibility index (Phi) is 10.4. The summed E-state index contributed by atoms with van der Waals surface area (Å²) in [6.07, 6.45) is 0. The first-order valence-electron chi connectivity index (χ1n) is 7.34. The largest absolute Gasteiger partial charge is 1.00 e. The SMILES string of the molecule is CCOc1cc(NC(=O)c2ccccc2)c(OCC)cc1[N+]#N.[Cl-].[Zn]. The van der Waals surface area contributed by atoms with Crippen LogP contribution in [0.25, 0.3) is 4.98 Å². The van der Waals surface area contributed by atoms with Crippen LogP contribution in [-0.2, 0) is 19.5 Å². The molecule has 2 aromatic carbocycles. The number of carbonyl (C=O) groups is 1. The molecule has 6 nitrogen and oxygen atoms in total. The van der Waals surface area contributed by atoms with Crippen LogP contribution < -0.4 is 27.2 Å². The number of anilines is 1. The molecule has 0 atom stereocenters. The summed E-state index contributed by atoms with van der Waals surface area (Å²) < 4.78 is 10.9. The standard InChI is InChI=1S/C17H17N3O3.ClH.Zn/c1-3-22-15-11-14(20-18)16(23-4-2)10-13(15)19-17(21)12-8-6-5-7-9-12;;/h5-11H,3-4H2,1-2H3;1H;. The summed E-state index contributed by atoms with van der Waals surface area (Å²) in [7, 11) is 0. The van der Waals surface area contributed by atoms with E-state index in [-0.39, 0.29) is 43.5 Å².